The van der Waals surface area contributed by atoms with Crippen LogP contribution < -0.4 is 5.32 Å². The summed E-state index contributed by atoms with van der Waals surface area (Å²) < 4.78 is 0. The molecule has 29 heavy (non-hydrogen) atoms. The van der Waals surface area contributed by atoms with Crippen LogP contribution in [0, 0.1) is 0 Å². The van der Waals surface area contributed by atoms with Gasteiger partial charge in [0.1, 0.15) is 0 Å². The number of rotatable bonds is 5. The zero-order valence-electron chi connectivity index (χ0n) is 17.4. The third kappa shape index (κ3) is 4.83. The number of benzene rings is 2. The number of carbonyl (C=O) groups excluding carboxylic acids is 3. The molecule has 1 fully saturated rings. The third-order valence-electron chi connectivity index (χ3n) is 5.07. The fourth-order valence-corrected chi connectivity index (χ4v) is 3.23. The van der Waals surface area contributed by atoms with Gasteiger partial charge in [-0.25, -0.2) is 4.79 Å². The maximum absolute atomic E-state index is 12.7. The molecule has 1 aliphatic heterocycles. The first-order valence-electron chi connectivity index (χ1n) is 9.67. The van der Waals surface area contributed by atoms with Crippen LogP contribution in [0.25, 0.3) is 0 Å². The molecular weight excluding hydrogens is 366 g/mol. The molecule has 0 bridgehead atoms. The SMILES string of the molecule is CN(Cc1ccc(C(C)(C)C)cc1)C(=O)c1ccc(CN2C(=O)CNC2=O)cc1. The summed E-state index contributed by atoms with van der Waals surface area (Å²) in [4.78, 5) is 38.9. The van der Waals surface area contributed by atoms with E-state index in [1.165, 1.54) is 10.5 Å². The summed E-state index contributed by atoms with van der Waals surface area (Å²) in [6.45, 7) is 7.29. The molecule has 152 valence electrons. The van der Waals surface area contributed by atoms with Crippen LogP contribution in [0.15, 0.2) is 48.5 Å². The fraction of sp³-hybridized carbons (Fsp3) is 0.348. The maximum Gasteiger partial charge on any atom is 0.324 e. The van der Waals surface area contributed by atoms with Crippen molar-refractivity contribution in [2.24, 2.45) is 0 Å². The Hall–Kier alpha value is -3.15. The van der Waals surface area contributed by atoms with Crippen LogP contribution in [0.1, 0.15) is 47.8 Å². The summed E-state index contributed by atoms with van der Waals surface area (Å²) in [5.41, 5.74) is 3.80. The third-order valence-corrected chi connectivity index (χ3v) is 5.07. The van der Waals surface area contributed by atoms with Gasteiger partial charge in [0.2, 0.25) is 5.91 Å². The number of amides is 4. The molecule has 0 atom stereocenters. The molecule has 0 spiro atoms. The van der Waals surface area contributed by atoms with Gasteiger partial charge in [0.25, 0.3) is 5.91 Å². The summed E-state index contributed by atoms with van der Waals surface area (Å²) in [5.74, 6) is -0.321. The molecule has 1 aliphatic rings. The highest BCUT2D eigenvalue weighted by atomic mass is 16.2. The normalized spacial score (nSPS) is 14.1. The fourth-order valence-electron chi connectivity index (χ4n) is 3.23. The van der Waals surface area contributed by atoms with Crippen LogP contribution in [-0.4, -0.2) is 41.2 Å². The molecule has 1 N–H and O–H groups in total. The van der Waals surface area contributed by atoms with Gasteiger partial charge in [-0.2, -0.15) is 0 Å². The first-order valence-corrected chi connectivity index (χ1v) is 9.67. The van der Waals surface area contributed by atoms with E-state index < -0.39 is 0 Å². The molecule has 0 aromatic heterocycles. The zero-order valence-corrected chi connectivity index (χ0v) is 17.4. The van der Waals surface area contributed by atoms with Gasteiger partial charge in [-0.05, 0) is 34.2 Å². The van der Waals surface area contributed by atoms with Crippen LogP contribution in [-0.2, 0) is 23.3 Å². The van der Waals surface area contributed by atoms with Gasteiger partial charge < -0.3 is 10.2 Å². The summed E-state index contributed by atoms with van der Waals surface area (Å²) in [7, 11) is 1.78. The highest BCUT2D eigenvalue weighted by molar-refractivity contribution is 6.01. The van der Waals surface area contributed by atoms with E-state index in [2.05, 4.69) is 50.4 Å². The number of carbonyl (C=O) groups is 3. The average molecular weight is 393 g/mol. The lowest BCUT2D eigenvalue weighted by Crippen LogP contribution is -2.30. The summed E-state index contributed by atoms with van der Waals surface area (Å²) in [6, 6.07) is 15.0. The first kappa shape index (κ1) is 20.6. The van der Waals surface area contributed by atoms with E-state index in [4.69, 9.17) is 0 Å². The second-order valence-electron chi connectivity index (χ2n) is 8.44. The van der Waals surface area contributed by atoms with Crippen molar-refractivity contribution in [2.45, 2.75) is 39.3 Å². The summed E-state index contributed by atoms with van der Waals surface area (Å²) in [6.07, 6.45) is 0. The molecule has 4 amide bonds. The van der Waals surface area contributed by atoms with Gasteiger partial charge in [0.15, 0.2) is 0 Å². The van der Waals surface area contributed by atoms with Gasteiger partial charge in [0.05, 0.1) is 13.1 Å². The van der Waals surface area contributed by atoms with Crippen molar-refractivity contribution in [2.75, 3.05) is 13.6 Å². The number of hydrogen-bond acceptors (Lipinski definition) is 3. The van der Waals surface area contributed by atoms with E-state index >= 15 is 0 Å². The first-order chi connectivity index (χ1) is 13.6. The van der Waals surface area contributed by atoms with E-state index in [9.17, 15) is 14.4 Å². The number of hydrogen-bond donors (Lipinski definition) is 1. The van der Waals surface area contributed by atoms with Crippen LogP contribution in [0.4, 0.5) is 4.79 Å². The zero-order chi connectivity index (χ0) is 21.2. The molecule has 0 saturated carbocycles. The topological polar surface area (TPSA) is 69.7 Å². The summed E-state index contributed by atoms with van der Waals surface area (Å²) >= 11 is 0. The van der Waals surface area contributed by atoms with Gasteiger partial charge in [-0.15, -0.1) is 0 Å². The Balaban J connectivity index is 1.62. The van der Waals surface area contributed by atoms with E-state index in [0.29, 0.717) is 12.1 Å². The van der Waals surface area contributed by atoms with Crippen molar-refractivity contribution in [3.63, 3.8) is 0 Å². The maximum atomic E-state index is 12.7. The Bertz CT molecular complexity index is 896. The number of urea groups is 1. The van der Waals surface area contributed by atoms with Gasteiger partial charge in [0, 0.05) is 19.2 Å². The molecule has 0 radical (unpaired) electrons. The smallest absolute Gasteiger partial charge is 0.324 e. The van der Waals surface area contributed by atoms with Crippen LogP contribution >= 0.6 is 0 Å². The minimum atomic E-state index is -0.382. The molecule has 6 heteroatoms. The number of nitrogens with zero attached hydrogens (tertiary/aromatic N) is 2. The van der Waals surface area contributed by atoms with Gasteiger partial charge in [-0.3, -0.25) is 14.5 Å². The van der Waals surface area contributed by atoms with Crippen LogP contribution in [0.3, 0.4) is 0 Å². The molecule has 2 aromatic carbocycles. The highest BCUT2D eigenvalue weighted by Gasteiger charge is 2.28. The predicted octanol–water partition coefficient (Wildman–Crippen LogP) is 3.31. The average Bonchev–Trinajstić information content (AvgIpc) is 2.99. The molecule has 6 nitrogen and oxygen atoms in total. The van der Waals surface area contributed by atoms with Crippen molar-refractivity contribution in [3.05, 3.63) is 70.8 Å². The quantitative estimate of drug-likeness (QED) is 0.793. The van der Waals surface area contributed by atoms with E-state index in [1.54, 1.807) is 36.2 Å². The van der Waals surface area contributed by atoms with Gasteiger partial charge >= 0.3 is 6.03 Å². The molecule has 1 saturated heterocycles. The Kier molecular flexibility index (Phi) is 5.73. The van der Waals surface area contributed by atoms with Crippen molar-refractivity contribution < 1.29 is 14.4 Å². The Morgan fingerprint density at radius 2 is 1.59 bits per heavy atom. The molecule has 0 aliphatic carbocycles. The number of nitrogens with one attached hydrogen (secondary N) is 1. The van der Waals surface area contributed by atoms with Crippen molar-refractivity contribution >= 4 is 17.8 Å². The predicted molar refractivity (Wildman–Crippen MR) is 111 cm³/mol. The lowest BCUT2D eigenvalue weighted by Gasteiger charge is -2.21. The standard InChI is InChI=1S/C23H27N3O3/c1-23(2,3)19-11-7-16(8-12-19)14-25(4)21(28)18-9-5-17(6-10-18)15-26-20(27)13-24-22(26)29/h5-12H,13-15H2,1-4H3,(H,24,29). The minimum Gasteiger partial charge on any atom is -0.337 e. The molecule has 2 aromatic rings. The number of imide groups is 1. The molecule has 1 heterocycles. The highest BCUT2D eigenvalue weighted by Crippen LogP contribution is 2.22. The summed E-state index contributed by atoms with van der Waals surface area (Å²) in [5, 5.41) is 2.50. The molecular formula is C23H27N3O3. The lowest BCUT2D eigenvalue weighted by atomic mass is 9.87. The largest absolute Gasteiger partial charge is 0.337 e. The lowest BCUT2D eigenvalue weighted by molar-refractivity contribution is -0.125. The van der Waals surface area contributed by atoms with Crippen LogP contribution in [0.2, 0.25) is 0 Å². The monoisotopic (exact) mass is 393 g/mol. The Morgan fingerprint density at radius 1 is 1.00 bits per heavy atom. The van der Waals surface area contributed by atoms with Crippen molar-refractivity contribution in [3.8, 4) is 0 Å². The van der Waals surface area contributed by atoms with E-state index in [0.717, 1.165) is 11.1 Å². The second-order valence-corrected chi connectivity index (χ2v) is 8.44. The molecule has 3 rings (SSSR count). The Morgan fingerprint density at radius 3 is 2.10 bits per heavy atom. The van der Waals surface area contributed by atoms with E-state index in [-0.39, 0.29) is 36.3 Å². The van der Waals surface area contributed by atoms with Crippen molar-refractivity contribution in [1.82, 2.24) is 15.1 Å². The van der Waals surface area contributed by atoms with E-state index in [1.807, 2.05) is 0 Å². The Labute approximate surface area is 171 Å². The second kappa shape index (κ2) is 8.07. The van der Waals surface area contributed by atoms with Crippen LogP contribution in [0.5, 0.6) is 0 Å². The van der Waals surface area contributed by atoms with Gasteiger partial charge in [-0.1, -0.05) is 57.2 Å². The minimum absolute atomic E-state index is 0.0386. The van der Waals surface area contributed by atoms with Crippen molar-refractivity contribution in [1.29, 1.82) is 0 Å². The molecule has 0 unspecified atom stereocenters.